The van der Waals surface area contributed by atoms with Gasteiger partial charge in [-0.1, -0.05) is 26.0 Å². The Bertz CT molecular complexity index is 863. The predicted octanol–water partition coefficient (Wildman–Crippen LogP) is 3.52. The summed E-state index contributed by atoms with van der Waals surface area (Å²) in [6, 6.07) is 11.2. The molecule has 8 nitrogen and oxygen atoms in total. The van der Waals surface area contributed by atoms with E-state index in [1.807, 2.05) is 13.8 Å². The first-order chi connectivity index (χ1) is 13.3. The normalized spacial score (nSPS) is 10.4. The molecule has 0 spiro atoms. The van der Waals surface area contributed by atoms with E-state index in [0.717, 1.165) is 5.56 Å². The van der Waals surface area contributed by atoms with Gasteiger partial charge in [0.15, 0.2) is 5.75 Å². The number of amides is 2. The monoisotopic (exact) mass is 385 g/mol. The number of carbonyl (C=O) groups excluding carboxylic acids is 2. The second-order valence-electron chi connectivity index (χ2n) is 6.40. The fourth-order valence-electron chi connectivity index (χ4n) is 2.36. The highest BCUT2D eigenvalue weighted by Crippen LogP contribution is 2.28. The summed E-state index contributed by atoms with van der Waals surface area (Å²) in [6.07, 6.45) is 0. The largest absolute Gasteiger partial charge is 0.487 e. The molecule has 8 heteroatoms. The zero-order chi connectivity index (χ0) is 20.7. The SMILES string of the molecule is CCOc1ccc(C(=O)NCc2ccc(NC(=O)C(C)C)cc2)cc1[N+](=O)[O-]. The number of rotatable bonds is 8. The third kappa shape index (κ3) is 5.54. The summed E-state index contributed by atoms with van der Waals surface area (Å²) in [7, 11) is 0. The molecule has 0 saturated heterocycles. The number of anilines is 1. The van der Waals surface area contributed by atoms with Crippen LogP contribution in [-0.4, -0.2) is 23.3 Å². The minimum Gasteiger partial charge on any atom is -0.487 e. The Hall–Kier alpha value is -3.42. The average Bonchev–Trinajstić information content (AvgIpc) is 2.67. The highest BCUT2D eigenvalue weighted by atomic mass is 16.6. The van der Waals surface area contributed by atoms with Gasteiger partial charge >= 0.3 is 5.69 Å². The van der Waals surface area contributed by atoms with Crippen molar-refractivity contribution in [1.82, 2.24) is 5.32 Å². The summed E-state index contributed by atoms with van der Waals surface area (Å²) < 4.78 is 5.21. The molecule has 0 heterocycles. The summed E-state index contributed by atoms with van der Waals surface area (Å²) in [5.41, 5.74) is 1.43. The zero-order valence-corrected chi connectivity index (χ0v) is 16.0. The van der Waals surface area contributed by atoms with Gasteiger partial charge in [-0.05, 0) is 36.8 Å². The van der Waals surface area contributed by atoms with E-state index in [2.05, 4.69) is 10.6 Å². The molecular weight excluding hydrogens is 362 g/mol. The van der Waals surface area contributed by atoms with Gasteiger partial charge < -0.3 is 15.4 Å². The lowest BCUT2D eigenvalue weighted by atomic mass is 10.1. The van der Waals surface area contributed by atoms with Gasteiger partial charge in [-0.25, -0.2) is 0 Å². The van der Waals surface area contributed by atoms with E-state index in [-0.39, 0.29) is 35.4 Å². The van der Waals surface area contributed by atoms with Gasteiger partial charge in [-0.2, -0.15) is 0 Å². The number of nitrogens with zero attached hydrogens (tertiary/aromatic N) is 1. The van der Waals surface area contributed by atoms with E-state index in [1.165, 1.54) is 18.2 Å². The van der Waals surface area contributed by atoms with Crippen LogP contribution in [0.15, 0.2) is 42.5 Å². The topological polar surface area (TPSA) is 111 Å². The fourth-order valence-corrected chi connectivity index (χ4v) is 2.36. The second kappa shape index (κ2) is 9.50. The number of benzene rings is 2. The fraction of sp³-hybridized carbons (Fsp3) is 0.300. The number of nitro benzene ring substituents is 1. The molecule has 0 aliphatic heterocycles. The first-order valence-electron chi connectivity index (χ1n) is 8.91. The molecule has 0 atom stereocenters. The van der Waals surface area contributed by atoms with Crippen molar-refractivity contribution < 1.29 is 19.2 Å². The molecule has 2 aromatic rings. The predicted molar refractivity (Wildman–Crippen MR) is 105 cm³/mol. The minimum absolute atomic E-state index is 0.0712. The van der Waals surface area contributed by atoms with E-state index < -0.39 is 10.8 Å². The smallest absolute Gasteiger partial charge is 0.311 e. The van der Waals surface area contributed by atoms with Gasteiger partial charge in [-0.15, -0.1) is 0 Å². The molecule has 2 amide bonds. The van der Waals surface area contributed by atoms with Crippen LogP contribution in [0.1, 0.15) is 36.7 Å². The van der Waals surface area contributed by atoms with Crippen LogP contribution in [0.25, 0.3) is 0 Å². The standard InChI is InChI=1S/C20H23N3O5/c1-4-28-18-10-7-15(11-17(18)23(26)27)20(25)21-12-14-5-8-16(9-6-14)22-19(24)13(2)3/h5-11,13H,4,12H2,1-3H3,(H,21,25)(H,22,24). The summed E-state index contributed by atoms with van der Waals surface area (Å²) >= 11 is 0. The summed E-state index contributed by atoms with van der Waals surface area (Å²) in [5, 5.41) is 16.7. The first-order valence-corrected chi connectivity index (χ1v) is 8.91. The maximum atomic E-state index is 12.3. The Morgan fingerprint density at radius 1 is 1.14 bits per heavy atom. The van der Waals surface area contributed by atoms with Crippen LogP contribution in [0.4, 0.5) is 11.4 Å². The molecule has 0 radical (unpaired) electrons. The zero-order valence-electron chi connectivity index (χ0n) is 16.0. The summed E-state index contributed by atoms with van der Waals surface area (Å²) in [5.74, 6) is -0.485. The Morgan fingerprint density at radius 2 is 1.82 bits per heavy atom. The lowest BCUT2D eigenvalue weighted by Crippen LogP contribution is -2.23. The van der Waals surface area contributed by atoms with E-state index in [1.54, 1.807) is 31.2 Å². The quantitative estimate of drug-likeness (QED) is 0.533. The van der Waals surface area contributed by atoms with Gasteiger partial charge in [0.25, 0.3) is 5.91 Å². The maximum Gasteiger partial charge on any atom is 0.311 e. The lowest BCUT2D eigenvalue weighted by molar-refractivity contribution is -0.385. The van der Waals surface area contributed by atoms with Crippen LogP contribution in [-0.2, 0) is 11.3 Å². The van der Waals surface area contributed by atoms with Crippen molar-refractivity contribution in [2.45, 2.75) is 27.3 Å². The Balaban J connectivity index is 2.01. The molecule has 0 saturated carbocycles. The summed E-state index contributed by atoms with van der Waals surface area (Å²) in [4.78, 5) is 34.6. The number of hydrogen-bond acceptors (Lipinski definition) is 5. The van der Waals surface area contributed by atoms with E-state index >= 15 is 0 Å². The molecule has 0 aliphatic carbocycles. The highest BCUT2D eigenvalue weighted by molar-refractivity contribution is 5.95. The van der Waals surface area contributed by atoms with Crippen molar-refractivity contribution in [1.29, 1.82) is 0 Å². The van der Waals surface area contributed by atoms with Crippen molar-refractivity contribution in [2.24, 2.45) is 5.92 Å². The molecule has 0 bridgehead atoms. The maximum absolute atomic E-state index is 12.3. The van der Waals surface area contributed by atoms with Crippen LogP contribution in [0.2, 0.25) is 0 Å². The van der Waals surface area contributed by atoms with Gasteiger partial charge in [0.2, 0.25) is 5.91 Å². The van der Waals surface area contributed by atoms with E-state index in [4.69, 9.17) is 4.74 Å². The van der Waals surface area contributed by atoms with Gasteiger partial charge in [0.05, 0.1) is 11.5 Å². The van der Waals surface area contributed by atoms with Crippen LogP contribution in [0, 0.1) is 16.0 Å². The van der Waals surface area contributed by atoms with E-state index in [0.29, 0.717) is 12.3 Å². The number of ether oxygens (including phenoxy) is 1. The summed E-state index contributed by atoms with van der Waals surface area (Å²) in [6.45, 7) is 5.89. The molecule has 0 aromatic heterocycles. The van der Waals surface area contributed by atoms with Gasteiger partial charge in [-0.3, -0.25) is 19.7 Å². The molecule has 2 rings (SSSR count). The van der Waals surface area contributed by atoms with Gasteiger partial charge in [0.1, 0.15) is 0 Å². The highest BCUT2D eigenvalue weighted by Gasteiger charge is 2.18. The van der Waals surface area contributed by atoms with Crippen molar-refractivity contribution in [2.75, 3.05) is 11.9 Å². The third-order valence-corrected chi connectivity index (χ3v) is 3.92. The molecule has 0 fully saturated rings. The molecule has 0 unspecified atom stereocenters. The molecule has 2 aromatic carbocycles. The lowest BCUT2D eigenvalue weighted by Gasteiger charge is -2.10. The number of carbonyl (C=O) groups is 2. The third-order valence-electron chi connectivity index (χ3n) is 3.92. The van der Waals surface area contributed by atoms with Crippen molar-refractivity contribution in [3.63, 3.8) is 0 Å². The number of hydrogen-bond donors (Lipinski definition) is 2. The number of nitrogens with one attached hydrogen (secondary N) is 2. The van der Waals surface area contributed by atoms with Gasteiger partial charge in [0, 0.05) is 29.8 Å². The minimum atomic E-state index is -0.577. The van der Waals surface area contributed by atoms with Crippen LogP contribution < -0.4 is 15.4 Å². The van der Waals surface area contributed by atoms with Crippen LogP contribution in [0.3, 0.4) is 0 Å². The second-order valence-corrected chi connectivity index (χ2v) is 6.40. The average molecular weight is 385 g/mol. The molecule has 2 N–H and O–H groups in total. The van der Waals surface area contributed by atoms with E-state index in [9.17, 15) is 19.7 Å². The Kier molecular flexibility index (Phi) is 7.08. The van der Waals surface area contributed by atoms with Crippen molar-refractivity contribution in [3.05, 3.63) is 63.7 Å². The van der Waals surface area contributed by atoms with Crippen LogP contribution >= 0.6 is 0 Å². The molecule has 0 aliphatic rings. The van der Waals surface area contributed by atoms with Crippen LogP contribution in [0.5, 0.6) is 5.75 Å². The Labute approximate surface area is 163 Å². The van der Waals surface area contributed by atoms with Crippen molar-refractivity contribution >= 4 is 23.2 Å². The Morgan fingerprint density at radius 3 is 2.39 bits per heavy atom. The number of nitro groups is 1. The molecular formula is C20H23N3O5. The molecule has 148 valence electrons. The first kappa shape index (κ1) is 20.9. The molecule has 28 heavy (non-hydrogen) atoms. The van der Waals surface area contributed by atoms with Crippen molar-refractivity contribution in [3.8, 4) is 5.75 Å².